The lowest BCUT2D eigenvalue weighted by atomic mass is 10.1. The Morgan fingerprint density at radius 3 is 2.44 bits per heavy atom. The number of urea groups is 1. The molecule has 192 valence electrons. The quantitative estimate of drug-likeness (QED) is 0.335. The van der Waals surface area contributed by atoms with Gasteiger partial charge in [0.2, 0.25) is 0 Å². The number of anilines is 1. The average molecular weight is 513 g/mol. The first-order valence-electron chi connectivity index (χ1n) is 12.4. The standard InChI is InChI=1S/C27H33ClN4O4/c1-5-9-16-32(27(35)29-20-13-10-18(11-14-20)26(34)36-8-4)23(6-2)24-30-22-17-19(28)12-15-21(22)25(33)31(24)7-3/h10-15,17,23H,5-9,16H2,1-4H3,(H,29,35). The largest absolute Gasteiger partial charge is 0.462 e. The molecule has 1 unspecified atom stereocenters. The van der Waals surface area contributed by atoms with Crippen molar-refractivity contribution in [3.63, 3.8) is 0 Å². The molecule has 0 saturated heterocycles. The number of carbonyl (C=O) groups is 2. The fourth-order valence-corrected chi connectivity index (χ4v) is 4.31. The molecule has 1 heterocycles. The lowest BCUT2D eigenvalue weighted by molar-refractivity contribution is 0.0526. The van der Waals surface area contributed by atoms with E-state index in [2.05, 4.69) is 12.2 Å². The summed E-state index contributed by atoms with van der Waals surface area (Å²) in [5.41, 5.74) is 1.32. The highest BCUT2D eigenvalue weighted by Gasteiger charge is 2.28. The molecule has 1 atom stereocenters. The second-order valence-electron chi connectivity index (χ2n) is 8.38. The van der Waals surface area contributed by atoms with E-state index in [1.165, 1.54) is 0 Å². The summed E-state index contributed by atoms with van der Waals surface area (Å²) in [6.45, 7) is 8.88. The summed E-state index contributed by atoms with van der Waals surface area (Å²) >= 11 is 6.18. The van der Waals surface area contributed by atoms with E-state index in [1.807, 2.05) is 13.8 Å². The molecule has 0 aliphatic heterocycles. The maximum absolute atomic E-state index is 13.5. The van der Waals surface area contributed by atoms with Crippen LogP contribution in [0.15, 0.2) is 47.3 Å². The lowest BCUT2D eigenvalue weighted by Crippen LogP contribution is -2.41. The summed E-state index contributed by atoms with van der Waals surface area (Å²) in [6, 6.07) is 10.9. The zero-order valence-corrected chi connectivity index (χ0v) is 22.0. The number of benzene rings is 2. The molecule has 0 fully saturated rings. The van der Waals surface area contributed by atoms with Crippen molar-refractivity contribution >= 4 is 40.2 Å². The number of halogens is 1. The van der Waals surface area contributed by atoms with E-state index in [9.17, 15) is 14.4 Å². The van der Waals surface area contributed by atoms with Crippen molar-refractivity contribution < 1.29 is 14.3 Å². The molecule has 8 nitrogen and oxygen atoms in total. The molecule has 0 radical (unpaired) electrons. The molecule has 0 saturated carbocycles. The van der Waals surface area contributed by atoms with Crippen LogP contribution in [0.1, 0.15) is 69.2 Å². The number of unbranched alkanes of at least 4 members (excludes halogenated alkanes) is 1. The van der Waals surface area contributed by atoms with Crippen LogP contribution in [0.4, 0.5) is 10.5 Å². The molecular formula is C27H33ClN4O4. The van der Waals surface area contributed by atoms with Crippen LogP contribution < -0.4 is 10.9 Å². The first-order valence-corrected chi connectivity index (χ1v) is 12.8. The summed E-state index contributed by atoms with van der Waals surface area (Å²) in [6.07, 6.45) is 2.26. The topological polar surface area (TPSA) is 93.5 Å². The maximum Gasteiger partial charge on any atom is 0.338 e. The number of ether oxygens (including phenoxy) is 1. The Balaban J connectivity index is 1.97. The van der Waals surface area contributed by atoms with Gasteiger partial charge in [-0.05, 0) is 69.2 Å². The van der Waals surface area contributed by atoms with E-state index in [0.29, 0.717) is 59.1 Å². The Morgan fingerprint density at radius 1 is 1.11 bits per heavy atom. The van der Waals surface area contributed by atoms with E-state index in [4.69, 9.17) is 21.3 Å². The van der Waals surface area contributed by atoms with E-state index in [-0.39, 0.29) is 11.6 Å². The van der Waals surface area contributed by atoms with Crippen molar-refractivity contribution in [2.45, 2.75) is 59.5 Å². The van der Waals surface area contributed by atoms with Gasteiger partial charge in [-0.15, -0.1) is 0 Å². The van der Waals surface area contributed by atoms with Crippen LogP contribution in [-0.4, -0.2) is 39.6 Å². The molecular weight excluding hydrogens is 480 g/mol. The first-order chi connectivity index (χ1) is 17.3. The second-order valence-corrected chi connectivity index (χ2v) is 8.82. The minimum Gasteiger partial charge on any atom is -0.462 e. The predicted octanol–water partition coefficient (Wildman–Crippen LogP) is 6.03. The molecule has 36 heavy (non-hydrogen) atoms. The van der Waals surface area contributed by atoms with Crippen LogP contribution in [0.25, 0.3) is 10.9 Å². The number of carbonyl (C=O) groups excluding carboxylic acids is 2. The molecule has 0 spiro atoms. The van der Waals surface area contributed by atoms with Gasteiger partial charge in [-0.3, -0.25) is 9.36 Å². The molecule has 0 bridgehead atoms. The molecule has 3 rings (SSSR count). The van der Waals surface area contributed by atoms with Crippen molar-refractivity contribution in [3.05, 3.63) is 69.2 Å². The summed E-state index contributed by atoms with van der Waals surface area (Å²) in [4.78, 5) is 45.2. The van der Waals surface area contributed by atoms with Gasteiger partial charge in [0.15, 0.2) is 0 Å². The lowest BCUT2D eigenvalue weighted by Gasteiger charge is -2.32. The molecule has 9 heteroatoms. The molecule has 0 aliphatic rings. The number of nitrogens with zero attached hydrogens (tertiary/aromatic N) is 3. The van der Waals surface area contributed by atoms with Crippen LogP contribution in [-0.2, 0) is 11.3 Å². The Hall–Kier alpha value is -3.39. The Morgan fingerprint density at radius 2 is 1.83 bits per heavy atom. The molecule has 2 amide bonds. The van der Waals surface area contributed by atoms with Gasteiger partial charge in [0.1, 0.15) is 5.82 Å². The SMILES string of the molecule is CCCCN(C(=O)Nc1ccc(C(=O)OCC)cc1)C(CC)c1nc2cc(Cl)ccc2c(=O)n1CC. The van der Waals surface area contributed by atoms with Gasteiger partial charge in [0.05, 0.1) is 29.1 Å². The third kappa shape index (κ3) is 6.05. The maximum atomic E-state index is 13.5. The normalized spacial score (nSPS) is 11.8. The van der Waals surface area contributed by atoms with Gasteiger partial charge < -0.3 is 15.0 Å². The highest BCUT2D eigenvalue weighted by molar-refractivity contribution is 6.31. The average Bonchev–Trinajstić information content (AvgIpc) is 2.86. The summed E-state index contributed by atoms with van der Waals surface area (Å²) in [7, 11) is 0. The first kappa shape index (κ1) is 27.2. The van der Waals surface area contributed by atoms with Crippen molar-refractivity contribution in [2.75, 3.05) is 18.5 Å². The van der Waals surface area contributed by atoms with Crippen LogP contribution >= 0.6 is 11.6 Å². The van der Waals surface area contributed by atoms with Crippen molar-refractivity contribution in [1.29, 1.82) is 0 Å². The third-order valence-electron chi connectivity index (χ3n) is 5.98. The van der Waals surface area contributed by atoms with E-state index < -0.39 is 12.0 Å². The fourth-order valence-electron chi connectivity index (χ4n) is 4.14. The number of esters is 1. The van der Waals surface area contributed by atoms with Gasteiger partial charge in [0, 0.05) is 23.8 Å². The van der Waals surface area contributed by atoms with Crippen LogP contribution in [0.3, 0.4) is 0 Å². The Kier molecular flexibility index (Phi) is 9.47. The summed E-state index contributed by atoms with van der Waals surface area (Å²) in [5.74, 6) is 0.120. The van der Waals surface area contributed by atoms with Gasteiger partial charge in [0.25, 0.3) is 5.56 Å². The van der Waals surface area contributed by atoms with Crippen molar-refractivity contribution in [3.8, 4) is 0 Å². The van der Waals surface area contributed by atoms with Crippen molar-refractivity contribution in [2.24, 2.45) is 0 Å². The zero-order chi connectivity index (χ0) is 26.2. The number of amides is 2. The van der Waals surface area contributed by atoms with Crippen LogP contribution in [0.5, 0.6) is 0 Å². The summed E-state index contributed by atoms with van der Waals surface area (Å²) in [5, 5.41) is 3.92. The molecule has 1 aromatic heterocycles. The minimum absolute atomic E-state index is 0.155. The van der Waals surface area contributed by atoms with E-state index in [1.54, 1.807) is 58.9 Å². The highest BCUT2D eigenvalue weighted by Crippen LogP contribution is 2.26. The van der Waals surface area contributed by atoms with Crippen LogP contribution in [0, 0.1) is 0 Å². The van der Waals surface area contributed by atoms with Gasteiger partial charge in [-0.1, -0.05) is 31.9 Å². The molecule has 3 aromatic rings. The third-order valence-corrected chi connectivity index (χ3v) is 6.22. The second kappa shape index (κ2) is 12.5. The number of rotatable bonds is 10. The predicted molar refractivity (Wildman–Crippen MR) is 143 cm³/mol. The molecule has 1 N–H and O–H groups in total. The minimum atomic E-state index is -0.425. The number of hydrogen-bond acceptors (Lipinski definition) is 5. The summed E-state index contributed by atoms with van der Waals surface area (Å²) < 4.78 is 6.65. The van der Waals surface area contributed by atoms with Crippen molar-refractivity contribution in [1.82, 2.24) is 14.5 Å². The number of hydrogen-bond donors (Lipinski definition) is 1. The zero-order valence-electron chi connectivity index (χ0n) is 21.2. The van der Waals surface area contributed by atoms with E-state index >= 15 is 0 Å². The number of aromatic nitrogens is 2. The fraction of sp³-hybridized carbons (Fsp3) is 0.407. The van der Waals surface area contributed by atoms with Gasteiger partial charge >= 0.3 is 12.0 Å². The van der Waals surface area contributed by atoms with Crippen LogP contribution in [0.2, 0.25) is 5.02 Å². The van der Waals surface area contributed by atoms with Gasteiger partial charge in [-0.2, -0.15) is 0 Å². The Labute approximate surface area is 216 Å². The molecule has 0 aliphatic carbocycles. The Bertz CT molecular complexity index is 1270. The number of nitrogens with one attached hydrogen (secondary N) is 1. The van der Waals surface area contributed by atoms with Gasteiger partial charge in [-0.25, -0.2) is 14.6 Å². The number of fused-ring (bicyclic) bond motifs is 1. The van der Waals surface area contributed by atoms with E-state index in [0.717, 1.165) is 12.8 Å². The highest BCUT2D eigenvalue weighted by atomic mass is 35.5. The monoisotopic (exact) mass is 512 g/mol. The smallest absolute Gasteiger partial charge is 0.338 e. The molecule has 2 aromatic carbocycles.